The van der Waals surface area contributed by atoms with Crippen molar-refractivity contribution in [2.24, 2.45) is 0 Å². The van der Waals surface area contributed by atoms with Gasteiger partial charge in [-0.3, -0.25) is 9.59 Å². The molecular weight excluding hydrogens is 424 g/mol. The number of thiophene rings is 1. The van der Waals surface area contributed by atoms with Gasteiger partial charge in [0.25, 0.3) is 0 Å². The Morgan fingerprint density at radius 2 is 1.81 bits per heavy atom. The Kier molecular flexibility index (Phi) is 8.97. The third kappa shape index (κ3) is 6.48. The number of hydrogen-bond acceptors (Lipinski definition) is 5. The van der Waals surface area contributed by atoms with Gasteiger partial charge in [0, 0.05) is 24.4 Å². The first-order valence-electron chi connectivity index (χ1n) is 11.3. The minimum atomic E-state index is -0.0128. The third-order valence-electron chi connectivity index (χ3n) is 6.12. The summed E-state index contributed by atoms with van der Waals surface area (Å²) in [5.41, 5.74) is 1.07. The van der Waals surface area contributed by atoms with E-state index in [1.165, 1.54) is 6.42 Å². The van der Waals surface area contributed by atoms with Crippen molar-refractivity contribution in [1.29, 1.82) is 0 Å². The molecule has 1 fully saturated rings. The summed E-state index contributed by atoms with van der Waals surface area (Å²) in [5.74, 6) is 1.36. The number of carbonyl (C=O) groups excluding carboxylic acids is 2. The smallest absolute Gasteiger partial charge is 0.242 e. The van der Waals surface area contributed by atoms with E-state index < -0.39 is 0 Å². The van der Waals surface area contributed by atoms with Crippen molar-refractivity contribution in [3.05, 3.63) is 46.2 Å². The lowest BCUT2D eigenvalue weighted by molar-refractivity contribution is -0.142. The maximum absolute atomic E-state index is 13.4. The zero-order chi connectivity index (χ0) is 22.9. The zero-order valence-corrected chi connectivity index (χ0v) is 20.2. The van der Waals surface area contributed by atoms with Crippen LogP contribution in [0.15, 0.2) is 35.7 Å². The van der Waals surface area contributed by atoms with Gasteiger partial charge in [-0.15, -0.1) is 11.3 Å². The standard InChI is InChI=1S/C25H34N2O4S/c1-19(28)27(21-8-5-4-6-9-21)18-25(29)26(17-22-10-7-15-32-22)14-13-20-11-12-23(30-2)24(16-20)31-3/h7,10-12,15-16,21H,4-6,8-9,13-14,17-18H2,1-3H3. The van der Waals surface area contributed by atoms with Gasteiger partial charge >= 0.3 is 0 Å². The highest BCUT2D eigenvalue weighted by atomic mass is 32.1. The Balaban J connectivity index is 1.71. The van der Waals surface area contributed by atoms with Crippen molar-refractivity contribution >= 4 is 23.2 Å². The second-order valence-electron chi connectivity index (χ2n) is 8.27. The number of hydrogen-bond donors (Lipinski definition) is 0. The van der Waals surface area contributed by atoms with Crippen molar-refractivity contribution < 1.29 is 19.1 Å². The Bertz CT molecular complexity index is 878. The van der Waals surface area contributed by atoms with Crippen molar-refractivity contribution in [2.75, 3.05) is 27.3 Å². The van der Waals surface area contributed by atoms with E-state index in [0.717, 1.165) is 36.1 Å². The summed E-state index contributed by atoms with van der Waals surface area (Å²) < 4.78 is 10.7. The normalized spacial score (nSPS) is 14.1. The Hall–Kier alpha value is -2.54. The second kappa shape index (κ2) is 11.9. The first-order valence-corrected chi connectivity index (χ1v) is 12.2. The SMILES string of the molecule is COc1ccc(CCN(Cc2cccs2)C(=O)CN(C(C)=O)C2CCCCC2)cc1OC. The number of rotatable bonds is 10. The molecule has 0 saturated heterocycles. The van der Waals surface area contributed by atoms with E-state index in [1.807, 2.05) is 40.6 Å². The van der Waals surface area contributed by atoms with E-state index in [4.69, 9.17) is 9.47 Å². The predicted molar refractivity (Wildman–Crippen MR) is 127 cm³/mol. The molecule has 0 aliphatic heterocycles. The molecule has 1 heterocycles. The van der Waals surface area contributed by atoms with Crippen LogP contribution in [0.25, 0.3) is 0 Å². The van der Waals surface area contributed by atoms with Crippen molar-refractivity contribution in [3.8, 4) is 11.5 Å². The Morgan fingerprint density at radius 3 is 2.44 bits per heavy atom. The van der Waals surface area contributed by atoms with E-state index in [2.05, 4.69) is 0 Å². The molecule has 0 bridgehead atoms. The predicted octanol–water partition coefficient (Wildman–Crippen LogP) is 4.52. The first kappa shape index (κ1) is 24.1. The summed E-state index contributed by atoms with van der Waals surface area (Å²) >= 11 is 1.64. The molecule has 32 heavy (non-hydrogen) atoms. The molecule has 0 N–H and O–H groups in total. The molecule has 0 atom stereocenters. The molecule has 1 saturated carbocycles. The largest absolute Gasteiger partial charge is 0.493 e. The summed E-state index contributed by atoms with van der Waals surface area (Å²) in [6.07, 6.45) is 6.14. The lowest BCUT2D eigenvalue weighted by Gasteiger charge is -2.35. The molecule has 0 radical (unpaired) electrons. The third-order valence-corrected chi connectivity index (χ3v) is 6.98. The van der Waals surface area contributed by atoms with Gasteiger partial charge in [-0.2, -0.15) is 0 Å². The van der Waals surface area contributed by atoms with E-state index >= 15 is 0 Å². The van der Waals surface area contributed by atoms with Gasteiger partial charge in [0.2, 0.25) is 11.8 Å². The van der Waals surface area contributed by atoms with Crippen LogP contribution in [-0.4, -0.2) is 55.0 Å². The van der Waals surface area contributed by atoms with E-state index in [-0.39, 0.29) is 24.4 Å². The van der Waals surface area contributed by atoms with Crippen molar-refractivity contribution in [1.82, 2.24) is 9.80 Å². The first-order chi connectivity index (χ1) is 15.5. The quantitative estimate of drug-likeness (QED) is 0.525. The molecular formula is C25H34N2O4S. The van der Waals surface area contributed by atoms with Crippen LogP contribution in [0.1, 0.15) is 49.5 Å². The number of nitrogens with zero attached hydrogens (tertiary/aromatic N) is 2. The van der Waals surface area contributed by atoms with Crippen LogP contribution in [0.3, 0.4) is 0 Å². The highest BCUT2D eigenvalue weighted by molar-refractivity contribution is 7.09. The molecule has 0 spiro atoms. The lowest BCUT2D eigenvalue weighted by Crippen LogP contribution is -2.47. The van der Waals surface area contributed by atoms with Gasteiger partial charge in [0.05, 0.1) is 20.8 Å². The zero-order valence-electron chi connectivity index (χ0n) is 19.3. The van der Waals surface area contributed by atoms with Gasteiger partial charge in [0.1, 0.15) is 6.54 Å². The fourth-order valence-corrected chi connectivity index (χ4v) is 5.04. The van der Waals surface area contributed by atoms with Crippen LogP contribution in [0, 0.1) is 0 Å². The Morgan fingerprint density at radius 1 is 1.06 bits per heavy atom. The van der Waals surface area contributed by atoms with Gasteiger partial charge < -0.3 is 19.3 Å². The number of methoxy groups -OCH3 is 2. The van der Waals surface area contributed by atoms with Crippen LogP contribution in [0.4, 0.5) is 0 Å². The molecule has 1 aromatic heterocycles. The van der Waals surface area contributed by atoms with E-state index in [0.29, 0.717) is 31.0 Å². The van der Waals surface area contributed by atoms with Gasteiger partial charge in [-0.1, -0.05) is 31.4 Å². The van der Waals surface area contributed by atoms with Crippen LogP contribution >= 0.6 is 11.3 Å². The van der Waals surface area contributed by atoms with Gasteiger partial charge in [-0.05, 0) is 48.4 Å². The molecule has 1 aliphatic rings. The average molecular weight is 459 g/mol. The molecule has 6 nitrogen and oxygen atoms in total. The number of ether oxygens (including phenoxy) is 2. The fraction of sp³-hybridized carbons (Fsp3) is 0.520. The molecule has 1 aromatic carbocycles. The molecule has 0 unspecified atom stereocenters. The molecule has 2 amide bonds. The van der Waals surface area contributed by atoms with Crippen LogP contribution in [-0.2, 0) is 22.6 Å². The van der Waals surface area contributed by atoms with Crippen LogP contribution in [0.2, 0.25) is 0 Å². The minimum absolute atomic E-state index is 0.000324. The topological polar surface area (TPSA) is 59.1 Å². The molecule has 3 rings (SSSR count). The maximum Gasteiger partial charge on any atom is 0.242 e. The van der Waals surface area contributed by atoms with Gasteiger partial charge in [-0.25, -0.2) is 0 Å². The Labute approximate surface area is 195 Å². The summed E-state index contributed by atoms with van der Waals surface area (Å²) in [5, 5.41) is 2.02. The average Bonchev–Trinajstić information content (AvgIpc) is 3.33. The monoisotopic (exact) mass is 458 g/mol. The molecule has 2 aromatic rings. The summed E-state index contributed by atoms with van der Waals surface area (Å²) in [7, 11) is 3.24. The summed E-state index contributed by atoms with van der Waals surface area (Å²) in [6, 6.07) is 10.1. The second-order valence-corrected chi connectivity index (χ2v) is 9.30. The number of amides is 2. The fourth-order valence-electron chi connectivity index (χ4n) is 4.32. The lowest BCUT2D eigenvalue weighted by atomic mass is 9.94. The molecule has 174 valence electrons. The highest BCUT2D eigenvalue weighted by Gasteiger charge is 2.27. The van der Waals surface area contributed by atoms with Gasteiger partial charge in [0.15, 0.2) is 11.5 Å². The van der Waals surface area contributed by atoms with Crippen LogP contribution < -0.4 is 9.47 Å². The molecule has 7 heteroatoms. The van der Waals surface area contributed by atoms with Crippen LogP contribution in [0.5, 0.6) is 11.5 Å². The molecule has 1 aliphatic carbocycles. The summed E-state index contributed by atoms with van der Waals surface area (Å²) in [6.45, 7) is 2.86. The highest BCUT2D eigenvalue weighted by Crippen LogP contribution is 2.28. The van der Waals surface area contributed by atoms with Crippen molar-refractivity contribution in [2.45, 2.75) is 58.0 Å². The minimum Gasteiger partial charge on any atom is -0.493 e. The number of carbonyl (C=O) groups is 2. The van der Waals surface area contributed by atoms with E-state index in [9.17, 15) is 9.59 Å². The number of benzene rings is 1. The maximum atomic E-state index is 13.4. The van der Waals surface area contributed by atoms with E-state index in [1.54, 1.807) is 37.4 Å². The summed E-state index contributed by atoms with van der Waals surface area (Å²) in [4.78, 5) is 30.5. The van der Waals surface area contributed by atoms with Crippen molar-refractivity contribution in [3.63, 3.8) is 0 Å².